The molecule has 0 bridgehead atoms. The Morgan fingerprint density at radius 2 is 1.38 bits per heavy atom. The standard InChI is InChI=1S/C8H16/c1-8-6-4-2-3-5-7-8/h8H,2-7H2,1H3. The molecule has 1 fully saturated rings. The van der Waals surface area contributed by atoms with E-state index in [0.717, 1.165) is 5.92 Å². The molecule has 8 heavy (non-hydrogen) atoms. The summed E-state index contributed by atoms with van der Waals surface area (Å²) in [7, 11) is 0. The molecule has 48 valence electrons. The molecule has 1 rings (SSSR count). The van der Waals surface area contributed by atoms with Gasteiger partial charge in [0, 0.05) is 0 Å². The van der Waals surface area contributed by atoms with Gasteiger partial charge in [0.05, 0.1) is 0 Å². The van der Waals surface area contributed by atoms with Gasteiger partial charge in [-0.15, -0.1) is 0 Å². The van der Waals surface area contributed by atoms with Crippen LogP contribution in [-0.2, 0) is 0 Å². The van der Waals surface area contributed by atoms with E-state index in [1.165, 1.54) is 38.5 Å². The van der Waals surface area contributed by atoms with Crippen molar-refractivity contribution in [2.75, 3.05) is 0 Å². The van der Waals surface area contributed by atoms with Crippen molar-refractivity contribution in [2.45, 2.75) is 45.4 Å². The maximum Gasteiger partial charge on any atom is -0.0443 e. The second-order valence-corrected chi connectivity index (χ2v) is 3.10. The molecule has 0 atom stereocenters. The van der Waals surface area contributed by atoms with Gasteiger partial charge in [0.1, 0.15) is 0 Å². The topological polar surface area (TPSA) is 0 Å². The molecule has 0 aromatic heterocycles. The van der Waals surface area contributed by atoms with Crippen molar-refractivity contribution < 1.29 is 0 Å². The van der Waals surface area contributed by atoms with E-state index in [1.807, 2.05) is 0 Å². The summed E-state index contributed by atoms with van der Waals surface area (Å²) in [6.07, 6.45) is 8.93. The average Bonchev–Trinajstić information content (AvgIpc) is 1.94. The van der Waals surface area contributed by atoms with Crippen molar-refractivity contribution in [2.24, 2.45) is 5.92 Å². The largest absolute Gasteiger partial charge is 0.0625 e. The third-order valence-corrected chi connectivity index (χ3v) is 2.14. The lowest BCUT2D eigenvalue weighted by molar-refractivity contribution is 0.505. The summed E-state index contributed by atoms with van der Waals surface area (Å²) >= 11 is 0. The predicted molar refractivity (Wildman–Crippen MR) is 36.9 cm³/mol. The van der Waals surface area contributed by atoms with E-state index in [9.17, 15) is 0 Å². The molecular formula is C8H16. The summed E-state index contributed by atoms with van der Waals surface area (Å²) in [6.45, 7) is 2.38. The highest BCUT2D eigenvalue weighted by atomic mass is 14.1. The Morgan fingerprint density at radius 1 is 0.875 bits per heavy atom. The Labute approximate surface area is 52.3 Å². The summed E-state index contributed by atoms with van der Waals surface area (Å²) in [5.74, 6) is 1.03. The van der Waals surface area contributed by atoms with Gasteiger partial charge in [-0.3, -0.25) is 0 Å². The molecule has 1 saturated carbocycles. The fourth-order valence-corrected chi connectivity index (χ4v) is 1.48. The summed E-state index contributed by atoms with van der Waals surface area (Å²) in [5.41, 5.74) is 0. The van der Waals surface area contributed by atoms with Crippen molar-refractivity contribution in [3.63, 3.8) is 0 Å². The molecule has 1 aliphatic carbocycles. The quantitative estimate of drug-likeness (QED) is 0.423. The van der Waals surface area contributed by atoms with Gasteiger partial charge in [-0.05, 0) is 5.92 Å². The van der Waals surface area contributed by atoms with Gasteiger partial charge in [0.25, 0.3) is 0 Å². The third-order valence-electron chi connectivity index (χ3n) is 2.14. The highest BCUT2D eigenvalue weighted by Gasteiger charge is 2.04. The minimum Gasteiger partial charge on any atom is -0.0625 e. The van der Waals surface area contributed by atoms with Crippen LogP contribution in [0, 0.1) is 5.92 Å². The van der Waals surface area contributed by atoms with E-state index < -0.39 is 0 Å². The van der Waals surface area contributed by atoms with E-state index in [0.29, 0.717) is 0 Å². The molecule has 0 radical (unpaired) electrons. The van der Waals surface area contributed by atoms with Crippen LogP contribution in [0.4, 0.5) is 0 Å². The van der Waals surface area contributed by atoms with Crippen LogP contribution in [0.2, 0.25) is 0 Å². The van der Waals surface area contributed by atoms with Gasteiger partial charge in [0.15, 0.2) is 0 Å². The maximum absolute atomic E-state index is 2.38. The summed E-state index contributed by atoms with van der Waals surface area (Å²) < 4.78 is 0. The lowest BCUT2D eigenvalue weighted by atomic mass is 10.0. The van der Waals surface area contributed by atoms with Crippen molar-refractivity contribution >= 4 is 0 Å². The molecule has 0 heteroatoms. The van der Waals surface area contributed by atoms with E-state index >= 15 is 0 Å². The number of rotatable bonds is 0. The smallest absolute Gasteiger partial charge is 0.0443 e. The van der Waals surface area contributed by atoms with Crippen LogP contribution in [0.5, 0.6) is 0 Å². The molecule has 0 N–H and O–H groups in total. The lowest BCUT2D eigenvalue weighted by Gasteiger charge is -2.02. The molecule has 1 aliphatic rings. The first-order valence-corrected chi connectivity index (χ1v) is 3.89. The molecule has 0 aromatic rings. The SMILES string of the molecule is CC1CCCCCC1. The Bertz CT molecular complexity index is 49.1. The van der Waals surface area contributed by atoms with Crippen LogP contribution in [0.3, 0.4) is 0 Å². The molecule has 0 amide bonds. The van der Waals surface area contributed by atoms with Crippen molar-refractivity contribution in [1.29, 1.82) is 0 Å². The van der Waals surface area contributed by atoms with Gasteiger partial charge in [0.2, 0.25) is 0 Å². The Morgan fingerprint density at radius 3 is 1.88 bits per heavy atom. The average molecular weight is 112 g/mol. The fraction of sp³-hybridized carbons (Fsp3) is 1.00. The molecular weight excluding hydrogens is 96.1 g/mol. The zero-order chi connectivity index (χ0) is 5.82. The van der Waals surface area contributed by atoms with Crippen LogP contribution in [-0.4, -0.2) is 0 Å². The minimum atomic E-state index is 1.03. The normalized spacial score (nSPS) is 25.1. The molecule has 0 unspecified atom stereocenters. The summed E-state index contributed by atoms with van der Waals surface area (Å²) in [5, 5.41) is 0. The third kappa shape index (κ3) is 1.85. The van der Waals surface area contributed by atoms with Crippen LogP contribution in [0.25, 0.3) is 0 Å². The van der Waals surface area contributed by atoms with Gasteiger partial charge in [-0.25, -0.2) is 0 Å². The van der Waals surface area contributed by atoms with Crippen LogP contribution < -0.4 is 0 Å². The van der Waals surface area contributed by atoms with Crippen LogP contribution in [0.15, 0.2) is 0 Å². The van der Waals surface area contributed by atoms with Crippen LogP contribution >= 0.6 is 0 Å². The van der Waals surface area contributed by atoms with Crippen molar-refractivity contribution in [3.8, 4) is 0 Å². The second-order valence-electron chi connectivity index (χ2n) is 3.10. The first-order chi connectivity index (χ1) is 3.89. The summed E-state index contributed by atoms with van der Waals surface area (Å²) in [6, 6.07) is 0. The zero-order valence-corrected chi connectivity index (χ0v) is 5.82. The monoisotopic (exact) mass is 112 g/mol. The Balaban J connectivity index is 2.17. The molecule has 0 aromatic carbocycles. The Hall–Kier alpha value is 0. The van der Waals surface area contributed by atoms with Gasteiger partial charge in [-0.1, -0.05) is 45.4 Å². The van der Waals surface area contributed by atoms with E-state index in [-0.39, 0.29) is 0 Å². The molecule has 0 saturated heterocycles. The molecule has 0 nitrogen and oxygen atoms in total. The highest BCUT2D eigenvalue weighted by Crippen LogP contribution is 2.21. The first-order valence-electron chi connectivity index (χ1n) is 3.89. The second kappa shape index (κ2) is 3.11. The van der Waals surface area contributed by atoms with Crippen molar-refractivity contribution in [1.82, 2.24) is 0 Å². The highest BCUT2D eigenvalue weighted by molar-refractivity contribution is 4.58. The van der Waals surface area contributed by atoms with E-state index in [4.69, 9.17) is 0 Å². The van der Waals surface area contributed by atoms with Gasteiger partial charge >= 0.3 is 0 Å². The summed E-state index contributed by atoms with van der Waals surface area (Å²) in [4.78, 5) is 0. The molecule has 0 aliphatic heterocycles. The molecule has 0 heterocycles. The lowest BCUT2D eigenvalue weighted by Crippen LogP contribution is -1.88. The maximum atomic E-state index is 2.38. The predicted octanol–water partition coefficient (Wildman–Crippen LogP) is 2.98. The number of hydrogen-bond acceptors (Lipinski definition) is 0. The zero-order valence-electron chi connectivity index (χ0n) is 5.82. The minimum absolute atomic E-state index is 1.03. The Kier molecular flexibility index (Phi) is 2.38. The van der Waals surface area contributed by atoms with E-state index in [2.05, 4.69) is 6.92 Å². The van der Waals surface area contributed by atoms with Crippen LogP contribution in [0.1, 0.15) is 45.4 Å². The fourth-order valence-electron chi connectivity index (χ4n) is 1.48. The van der Waals surface area contributed by atoms with E-state index in [1.54, 1.807) is 0 Å². The molecule has 0 spiro atoms. The van der Waals surface area contributed by atoms with Gasteiger partial charge < -0.3 is 0 Å². The van der Waals surface area contributed by atoms with Crippen molar-refractivity contribution in [3.05, 3.63) is 0 Å². The first kappa shape index (κ1) is 6.12. The van der Waals surface area contributed by atoms with Gasteiger partial charge in [-0.2, -0.15) is 0 Å². The number of hydrogen-bond donors (Lipinski definition) is 0.